The average molecular weight is 565 g/mol. The fourth-order valence-electron chi connectivity index (χ4n) is 3.93. The molecule has 0 radical (unpaired) electrons. The van der Waals surface area contributed by atoms with E-state index in [0.29, 0.717) is 25.7 Å². The Labute approximate surface area is 231 Å². The van der Waals surface area contributed by atoms with Gasteiger partial charge in [0.1, 0.15) is 12.4 Å². The first kappa shape index (κ1) is 32.2. The molecular weight excluding hydrogens is 528 g/mol. The zero-order valence-electron chi connectivity index (χ0n) is 23.2. The first-order valence-corrected chi connectivity index (χ1v) is 13.3. The van der Waals surface area contributed by atoms with Crippen molar-refractivity contribution in [1.29, 1.82) is 0 Å². The van der Waals surface area contributed by atoms with Crippen molar-refractivity contribution in [3.63, 3.8) is 0 Å². The highest BCUT2D eigenvalue weighted by Gasteiger charge is 2.61. The number of hydrogen-bond donors (Lipinski definition) is 1. The zero-order chi connectivity index (χ0) is 29.7. The Kier molecular flexibility index (Phi) is 12.6. The Morgan fingerprint density at radius 1 is 1.02 bits per heavy atom. The summed E-state index contributed by atoms with van der Waals surface area (Å²) in [7, 11) is 0. The van der Waals surface area contributed by atoms with Crippen molar-refractivity contribution in [1.82, 2.24) is 9.55 Å². The van der Waals surface area contributed by atoms with E-state index in [4.69, 9.17) is 18.9 Å². The largest absolute Gasteiger partial charge is 0.462 e. The molecule has 0 spiro atoms. The highest BCUT2D eigenvalue weighted by Crippen LogP contribution is 2.42. The molecule has 2 rings (SSSR count). The molecule has 0 unspecified atom stereocenters. The monoisotopic (exact) mass is 564 g/mol. The van der Waals surface area contributed by atoms with E-state index in [1.165, 1.54) is 12.3 Å². The van der Waals surface area contributed by atoms with E-state index in [9.17, 15) is 29.5 Å². The molecule has 4 atom stereocenters. The SMILES string of the molecule is CCCC(=O)Nc1ccn([C@@H]2O[C@@](COC(=O)CCC)(N=[N+]=[N-])[C@@H](OC(=O)CCC)[C@H]2OC(=O)CCC)c(=O)n1. The van der Waals surface area contributed by atoms with Crippen LogP contribution in [-0.2, 0) is 38.1 Å². The van der Waals surface area contributed by atoms with Crippen LogP contribution in [0.15, 0.2) is 22.2 Å². The van der Waals surface area contributed by atoms with Gasteiger partial charge in [-0.25, -0.2) is 4.79 Å². The summed E-state index contributed by atoms with van der Waals surface area (Å²) in [4.78, 5) is 69.1. The standard InChI is InChI=1S/C25H36N6O9/c1-5-9-17(32)27-16-13-14-31(24(36)28-16)23-21(38-19(34)11-7-3)22(39-20(35)12-8-4)25(40-23,29-30-26)15-37-18(33)10-6-2/h13-14,21-23H,5-12,15H2,1-4H3,(H,27,28,32,36)/t21-,22+,23-,25-/m1/s1. The van der Waals surface area contributed by atoms with Crippen LogP contribution in [0.4, 0.5) is 5.82 Å². The van der Waals surface area contributed by atoms with Gasteiger partial charge in [-0.15, -0.1) is 0 Å². The van der Waals surface area contributed by atoms with E-state index < -0.39 is 54.4 Å². The van der Waals surface area contributed by atoms with E-state index in [2.05, 4.69) is 20.3 Å². The van der Waals surface area contributed by atoms with E-state index in [1.807, 2.05) is 6.92 Å². The molecule has 1 aromatic rings. The fraction of sp³-hybridized carbons (Fsp3) is 0.680. The van der Waals surface area contributed by atoms with Gasteiger partial charge >= 0.3 is 23.6 Å². The van der Waals surface area contributed by atoms with Gasteiger partial charge in [-0.3, -0.25) is 23.7 Å². The number of esters is 3. The quantitative estimate of drug-likeness (QED) is 0.108. The maximum atomic E-state index is 13.1. The van der Waals surface area contributed by atoms with Crippen LogP contribution in [0.1, 0.15) is 85.3 Å². The minimum Gasteiger partial charge on any atom is -0.462 e. The zero-order valence-corrected chi connectivity index (χ0v) is 23.2. The van der Waals surface area contributed by atoms with Gasteiger partial charge in [0, 0.05) is 36.8 Å². The van der Waals surface area contributed by atoms with Crippen molar-refractivity contribution in [2.24, 2.45) is 5.11 Å². The molecule has 0 saturated carbocycles. The highest BCUT2D eigenvalue weighted by molar-refractivity contribution is 5.89. The van der Waals surface area contributed by atoms with Crippen molar-refractivity contribution >= 4 is 29.6 Å². The van der Waals surface area contributed by atoms with Gasteiger partial charge in [-0.2, -0.15) is 4.98 Å². The van der Waals surface area contributed by atoms with Crippen LogP contribution in [0, 0.1) is 0 Å². The van der Waals surface area contributed by atoms with Crippen molar-refractivity contribution < 1.29 is 38.1 Å². The molecule has 15 nitrogen and oxygen atoms in total. The van der Waals surface area contributed by atoms with Gasteiger partial charge in [0.2, 0.25) is 11.6 Å². The van der Waals surface area contributed by atoms with Crippen LogP contribution in [0.25, 0.3) is 10.4 Å². The van der Waals surface area contributed by atoms with Gasteiger partial charge in [-0.1, -0.05) is 32.8 Å². The summed E-state index contributed by atoms with van der Waals surface area (Å²) in [6.07, 6.45) is -1.17. The molecule has 15 heteroatoms. The second kappa shape index (κ2) is 15.6. The van der Waals surface area contributed by atoms with E-state index >= 15 is 0 Å². The molecule has 0 aliphatic carbocycles. The van der Waals surface area contributed by atoms with Gasteiger partial charge in [0.05, 0.1) is 0 Å². The molecule has 1 aliphatic heterocycles. The number of ether oxygens (including phenoxy) is 4. The van der Waals surface area contributed by atoms with Crippen LogP contribution in [0.3, 0.4) is 0 Å². The molecule has 1 amide bonds. The fourth-order valence-corrected chi connectivity index (χ4v) is 3.93. The third kappa shape index (κ3) is 8.52. The number of aromatic nitrogens is 2. The van der Waals surface area contributed by atoms with Gasteiger partial charge in [0.25, 0.3) is 0 Å². The van der Waals surface area contributed by atoms with E-state index in [1.54, 1.807) is 20.8 Å². The van der Waals surface area contributed by atoms with E-state index in [0.717, 1.165) is 4.57 Å². The van der Waals surface area contributed by atoms with Crippen molar-refractivity contribution in [3.05, 3.63) is 33.2 Å². The number of carbonyl (C=O) groups excluding carboxylic acids is 4. The predicted molar refractivity (Wildman–Crippen MR) is 139 cm³/mol. The maximum absolute atomic E-state index is 13.1. The van der Waals surface area contributed by atoms with Crippen molar-refractivity contribution in [3.8, 4) is 0 Å². The van der Waals surface area contributed by atoms with Gasteiger partial charge in [0.15, 0.2) is 18.4 Å². The Hall–Kier alpha value is -3.97. The summed E-state index contributed by atoms with van der Waals surface area (Å²) >= 11 is 0. The first-order valence-electron chi connectivity index (χ1n) is 13.3. The lowest BCUT2D eigenvalue weighted by Crippen LogP contribution is -2.49. The molecular formula is C25H36N6O9. The number of rotatable bonds is 15. The van der Waals surface area contributed by atoms with Crippen LogP contribution in [-0.4, -0.2) is 57.9 Å². The lowest BCUT2D eigenvalue weighted by Gasteiger charge is -2.29. The Morgan fingerprint density at radius 3 is 2.20 bits per heavy atom. The Bertz CT molecular complexity index is 1170. The normalized spacial score (nSPS) is 21.6. The molecule has 1 saturated heterocycles. The second-order valence-electron chi connectivity index (χ2n) is 9.12. The summed E-state index contributed by atoms with van der Waals surface area (Å²) in [5.74, 6) is -2.40. The van der Waals surface area contributed by atoms with E-state index in [-0.39, 0.29) is 37.4 Å². The van der Waals surface area contributed by atoms with Crippen LogP contribution in [0.2, 0.25) is 0 Å². The number of nitrogens with zero attached hydrogens (tertiary/aromatic N) is 5. The third-order valence-electron chi connectivity index (χ3n) is 5.74. The minimum absolute atomic E-state index is 0.00556. The summed E-state index contributed by atoms with van der Waals surface area (Å²) in [5, 5.41) is 6.20. The molecule has 0 aromatic carbocycles. The number of carbonyl (C=O) groups is 4. The molecule has 1 aromatic heterocycles. The number of amides is 1. The summed E-state index contributed by atoms with van der Waals surface area (Å²) in [5.41, 5.74) is 6.32. The maximum Gasteiger partial charge on any atom is 0.351 e. The van der Waals surface area contributed by atoms with Crippen LogP contribution < -0.4 is 11.0 Å². The summed E-state index contributed by atoms with van der Waals surface area (Å²) in [6, 6.07) is 1.33. The average Bonchev–Trinajstić information content (AvgIpc) is 3.16. The van der Waals surface area contributed by atoms with Crippen LogP contribution in [0.5, 0.6) is 0 Å². The highest BCUT2D eigenvalue weighted by atomic mass is 16.7. The van der Waals surface area contributed by atoms with Gasteiger partial charge in [-0.05, 0) is 37.3 Å². The summed E-state index contributed by atoms with van der Waals surface area (Å²) < 4.78 is 23.5. The lowest BCUT2D eigenvalue weighted by atomic mass is 10.0. The number of nitrogens with one attached hydrogen (secondary N) is 1. The second-order valence-corrected chi connectivity index (χ2v) is 9.12. The Morgan fingerprint density at radius 2 is 1.62 bits per heavy atom. The molecule has 40 heavy (non-hydrogen) atoms. The lowest BCUT2D eigenvalue weighted by molar-refractivity contribution is -0.179. The molecule has 1 N–H and O–H groups in total. The predicted octanol–water partition coefficient (Wildman–Crippen LogP) is 3.28. The third-order valence-corrected chi connectivity index (χ3v) is 5.74. The van der Waals surface area contributed by atoms with Crippen LogP contribution >= 0.6 is 0 Å². The molecule has 220 valence electrons. The number of azide groups is 1. The Balaban J connectivity index is 2.61. The minimum atomic E-state index is -2.18. The molecule has 1 fully saturated rings. The first-order chi connectivity index (χ1) is 19.1. The molecule has 1 aliphatic rings. The molecule has 0 bridgehead atoms. The molecule has 2 heterocycles. The van der Waals surface area contributed by atoms with Crippen molar-refractivity contribution in [2.75, 3.05) is 11.9 Å². The topological polar surface area (TPSA) is 201 Å². The number of hydrogen-bond acceptors (Lipinski definition) is 11. The summed E-state index contributed by atoms with van der Waals surface area (Å²) in [6.45, 7) is 6.39. The van der Waals surface area contributed by atoms with Crippen molar-refractivity contribution in [2.45, 2.75) is 103 Å². The smallest absolute Gasteiger partial charge is 0.351 e. The van der Waals surface area contributed by atoms with Gasteiger partial charge < -0.3 is 24.3 Å². The number of anilines is 1.